The number of hydrogen-bond donors (Lipinski definition) is 1. The molecule has 1 unspecified atom stereocenters. The van der Waals surface area contributed by atoms with Crippen LogP contribution in [-0.2, 0) is 4.79 Å². The molecule has 0 spiro atoms. The molecule has 5 nitrogen and oxygen atoms in total. The molecule has 1 aromatic heterocycles. The van der Waals surface area contributed by atoms with Gasteiger partial charge in [0.25, 0.3) is 5.91 Å². The van der Waals surface area contributed by atoms with Crippen LogP contribution in [0.3, 0.4) is 0 Å². The summed E-state index contributed by atoms with van der Waals surface area (Å²) >= 11 is 0. The highest BCUT2D eigenvalue weighted by Gasteiger charge is 2.35. The molecule has 1 N–H and O–H groups in total. The summed E-state index contributed by atoms with van der Waals surface area (Å²) in [6.07, 6.45) is 9.25. The first-order chi connectivity index (χ1) is 13.0. The Kier molecular flexibility index (Phi) is 6.51. The lowest BCUT2D eigenvalue weighted by molar-refractivity contribution is -0.135. The Morgan fingerprint density at radius 2 is 1.96 bits per heavy atom. The molecule has 2 aliphatic rings. The molecular formula is C22H33N3O2. The normalized spacial score (nSPS) is 23.0. The van der Waals surface area contributed by atoms with E-state index in [0.29, 0.717) is 41.8 Å². The van der Waals surface area contributed by atoms with E-state index in [9.17, 15) is 9.59 Å². The van der Waals surface area contributed by atoms with Crippen molar-refractivity contribution in [2.45, 2.75) is 58.8 Å². The fourth-order valence-electron chi connectivity index (χ4n) is 4.50. The number of piperidine rings is 1. The van der Waals surface area contributed by atoms with Crippen molar-refractivity contribution >= 4 is 11.8 Å². The monoisotopic (exact) mass is 371 g/mol. The predicted octanol–water partition coefficient (Wildman–Crippen LogP) is 3.66. The van der Waals surface area contributed by atoms with E-state index in [0.717, 1.165) is 25.9 Å². The maximum atomic E-state index is 12.8. The van der Waals surface area contributed by atoms with Crippen molar-refractivity contribution in [3.8, 4) is 0 Å². The molecule has 2 fully saturated rings. The molecule has 0 radical (unpaired) electrons. The fraction of sp³-hybridized carbons (Fsp3) is 0.682. The first-order valence-corrected chi connectivity index (χ1v) is 10.4. The third-order valence-corrected chi connectivity index (χ3v) is 6.57. The van der Waals surface area contributed by atoms with Crippen LogP contribution in [0.5, 0.6) is 0 Å². The van der Waals surface area contributed by atoms with Gasteiger partial charge in [0, 0.05) is 32.3 Å². The number of likely N-dealkylation sites (tertiary alicyclic amines) is 1. The maximum Gasteiger partial charge on any atom is 0.269 e. The molecule has 1 aliphatic carbocycles. The van der Waals surface area contributed by atoms with Crippen LogP contribution in [0.15, 0.2) is 24.4 Å². The Balaban J connectivity index is 1.40. The van der Waals surface area contributed by atoms with Gasteiger partial charge in [-0.1, -0.05) is 32.8 Å². The average molecular weight is 372 g/mol. The van der Waals surface area contributed by atoms with Gasteiger partial charge in [0.1, 0.15) is 5.69 Å². The molecule has 0 aromatic carbocycles. The second-order valence-corrected chi connectivity index (χ2v) is 8.88. The Labute approximate surface area is 162 Å². The molecule has 148 valence electrons. The van der Waals surface area contributed by atoms with Crippen molar-refractivity contribution < 1.29 is 9.59 Å². The van der Waals surface area contributed by atoms with Crippen LogP contribution in [-0.4, -0.2) is 41.3 Å². The standard InChI is InChI=1S/C22H33N3O2/c1-22(2)11-5-3-7-18(22)15-20(26)25-13-9-17(10-14-25)16-24-21(27)19-8-4-6-12-23-19/h4,6,8,12,17-18H,3,5,7,9-11,13-16H2,1-2H3,(H,24,27). The van der Waals surface area contributed by atoms with Crippen molar-refractivity contribution in [2.24, 2.45) is 17.3 Å². The summed E-state index contributed by atoms with van der Waals surface area (Å²) in [5, 5.41) is 2.98. The van der Waals surface area contributed by atoms with Gasteiger partial charge in [-0.3, -0.25) is 14.6 Å². The summed E-state index contributed by atoms with van der Waals surface area (Å²) < 4.78 is 0. The van der Waals surface area contributed by atoms with E-state index in [1.54, 1.807) is 18.3 Å². The van der Waals surface area contributed by atoms with Crippen LogP contribution in [0.4, 0.5) is 0 Å². The lowest BCUT2D eigenvalue weighted by Gasteiger charge is -2.40. The van der Waals surface area contributed by atoms with Crippen molar-refractivity contribution in [1.29, 1.82) is 0 Å². The first kappa shape index (κ1) is 19.8. The molecule has 0 bridgehead atoms. The van der Waals surface area contributed by atoms with E-state index >= 15 is 0 Å². The number of rotatable bonds is 5. The van der Waals surface area contributed by atoms with Gasteiger partial charge in [0.15, 0.2) is 0 Å². The summed E-state index contributed by atoms with van der Waals surface area (Å²) in [7, 11) is 0. The van der Waals surface area contributed by atoms with Crippen molar-refractivity contribution in [3.63, 3.8) is 0 Å². The van der Waals surface area contributed by atoms with E-state index in [4.69, 9.17) is 0 Å². The maximum absolute atomic E-state index is 12.8. The lowest BCUT2D eigenvalue weighted by Crippen LogP contribution is -2.43. The smallest absolute Gasteiger partial charge is 0.269 e. The third-order valence-electron chi connectivity index (χ3n) is 6.57. The minimum absolute atomic E-state index is 0.117. The van der Waals surface area contributed by atoms with Gasteiger partial charge >= 0.3 is 0 Å². The number of pyridine rings is 1. The average Bonchev–Trinajstić information content (AvgIpc) is 2.68. The Hall–Kier alpha value is -1.91. The van der Waals surface area contributed by atoms with E-state index in [-0.39, 0.29) is 5.91 Å². The molecule has 27 heavy (non-hydrogen) atoms. The van der Waals surface area contributed by atoms with Crippen LogP contribution in [0, 0.1) is 17.3 Å². The Bertz CT molecular complexity index is 636. The minimum Gasteiger partial charge on any atom is -0.350 e. The van der Waals surface area contributed by atoms with Crippen LogP contribution >= 0.6 is 0 Å². The lowest BCUT2D eigenvalue weighted by atomic mass is 9.67. The van der Waals surface area contributed by atoms with Gasteiger partial charge in [-0.15, -0.1) is 0 Å². The van der Waals surface area contributed by atoms with Crippen molar-refractivity contribution in [1.82, 2.24) is 15.2 Å². The summed E-state index contributed by atoms with van der Waals surface area (Å²) in [4.78, 5) is 31.0. The zero-order valence-electron chi connectivity index (χ0n) is 16.7. The molecule has 1 aromatic rings. The number of carbonyl (C=O) groups is 2. The van der Waals surface area contributed by atoms with Gasteiger partial charge in [-0.05, 0) is 55.1 Å². The Morgan fingerprint density at radius 3 is 2.63 bits per heavy atom. The van der Waals surface area contributed by atoms with Gasteiger partial charge in [0.05, 0.1) is 0 Å². The summed E-state index contributed by atoms with van der Waals surface area (Å²) in [6, 6.07) is 5.35. The molecule has 1 atom stereocenters. The second kappa shape index (κ2) is 8.85. The highest BCUT2D eigenvalue weighted by molar-refractivity contribution is 5.92. The van der Waals surface area contributed by atoms with E-state index in [2.05, 4.69) is 24.1 Å². The quantitative estimate of drug-likeness (QED) is 0.859. The van der Waals surface area contributed by atoms with Gasteiger partial charge in [-0.25, -0.2) is 0 Å². The van der Waals surface area contributed by atoms with E-state index < -0.39 is 0 Å². The molecule has 3 rings (SSSR count). The van der Waals surface area contributed by atoms with Gasteiger partial charge < -0.3 is 10.2 Å². The predicted molar refractivity (Wildman–Crippen MR) is 106 cm³/mol. The molecule has 5 heteroatoms. The first-order valence-electron chi connectivity index (χ1n) is 10.4. The van der Waals surface area contributed by atoms with E-state index in [1.165, 1.54) is 25.7 Å². The molecule has 2 heterocycles. The number of carbonyl (C=O) groups excluding carboxylic acids is 2. The highest BCUT2D eigenvalue weighted by Crippen LogP contribution is 2.42. The van der Waals surface area contributed by atoms with E-state index in [1.807, 2.05) is 11.0 Å². The molecular weight excluding hydrogens is 338 g/mol. The van der Waals surface area contributed by atoms with Crippen LogP contribution in [0.2, 0.25) is 0 Å². The zero-order chi connectivity index (χ0) is 19.3. The summed E-state index contributed by atoms with van der Waals surface area (Å²) in [5.41, 5.74) is 0.752. The second-order valence-electron chi connectivity index (χ2n) is 8.88. The third kappa shape index (κ3) is 5.30. The number of hydrogen-bond acceptors (Lipinski definition) is 3. The molecule has 2 amide bonds. The number of aromatic nitrogens is 1. The minimum atomic E-state index is -0.117. The molecule has 1 saturated heterocycles. The zero-order valence-corrected chi connectivity index (χ0v) is 16.7. The number of nitrogens with one attached hydrogen (secondary N) is 1. The number of nitrogens with zero attached hydrogens (tertiary/aromatic N) is 2. The van der Waals surface area contributed by atoms with Gasteiger partial charge in [-0.2, -0.15) is 0 Å². The molecule has 1 saturated carbocycles. The number of amides is 2. The summed E-state index contributed by atoms with van der Waals surface area (Å²) in [5.74, 6) is 1.17. The SMILES string of the molecule is CC1(C)CCCCC1CC(=O)N1CCC(CNC(=O)c2ccccn2)CC1. The topological polar surface area (TPSA) is 62.3 Å². The summed E-state index contributed by atoms with van der Waals surface area (Å²) in [6.45, 7) is 6.93. The van der Waals surface area contributed by atoms with Crippen LogP contribution < -0.4 is 5.32 Å². The fourth-order valence-corrected chi connectivity index (χ4v) is 4.50. The Morgan fingerprint density at radius 1 is 1.19 bits per heavy atom. The van der Waals surface area contributed by atoms with Crippen LogP contribution in [0.25, 0.3) is 0 Å². The van der Waals surface area contributed by atoms with Crippen LogP contribution in [0.1, 0.15) is 69.3 Å². The van der Waals surface area contributed by atoms with Crippen molar-refractivity contribution in [2.75, 3.05) is 19.6 Å². The largest absolute Gasteiger partial charge is 0.350 e. The highest BCUT2D eigenvalue weighted by atomic mass is 16.2. The van der Waals surface area contributed by atoms with Crippen molar-refractivity contribution in [3.05, 3.63) is 30.1 Å². The van der Waals surface area contributed by atoms with Gasteiger partial charge in [0.2, 0.25) is 5.91 Å². The molecule has 1 aliphatic heterocycles.